The summed E-state index contributed by atoms with van der Waals surface area (Å²) in [4.78, 5) is 24.4. The van der Waals surface area contributed by atoms with Crippen molar-refractivity contribution in [1.82, 2.24) is 0 Å². The number of rotatable bonds is 1. The van der Waals surface area contributed by atoms with Gasteiger partial charge in [0.05, 0.1) is 5.92 Å². The van der Waals surface area contributed by atoms with Gasteiger partial charge < -0.3 is 0 Å². The van der Waals surface area contributed by atoms with Crippen LogP contribution in [0.1, 0.15) is 24.2 Å². The Hall–Kier alpha value is -1.09. The summed E-state index contributed by atoms with van der Waals surface area (Å²) < 4.78 is 0. The lowest BCUT2D eigenvalue weighted by atomic mass is 9.91. The van der Waals surface area contributed by atoms with Crippen LogP contribution in [0.4, 0.5) is 0 Å². The minimum atomic E-state index is -0.468. The van der Waals surface area contributed by atoms with Crippen LogP contribution < -0.4 is 0 Å². The van der Waals surface area contributed by atoms with Crippen LogP contribution in [0.15, 0.2) is 29.2 Å². The normalized spacial score (nSPS) is 24.8. The lowest BCUT2D eigenvalue weighted by Crippen LogP contribution is -2.33. The van der Waals surface area contributed by atoms with Gasteiger partial charge in [0.1, 0.15) is 5.78 Å². The van der Waals surface area contributed by atoms with Crippen LogP contribution in [-0.2, 0) is 4.79 Å². The molecular formula is C12H12O2S. The number of carbonyl (C=O) groups excluding carboxylic acids is 2. The van der Waals surface area contributed by atoms with Crippen molar-refractivity contribution in [2.24, 2.45) is 5.92 Å². The lowest BCUT2D eigenvalue weighted by Gasteiger charge is -2.26. The maximum Gasteiger partial charge on any atom is 0.175 e. The van der Waals surface area contributed by atoms with E-state index in [1.54, 1.807) is 17.8 Å². The fraction of sp³-hybridized carbons (Fsp3) is 0.333. The fourth-order valence-electron chi connectivity index (χ4n) is 1.94. The molecule has 2 unspecified atom stereocenters. The number of thioether (sulfide) groups is 1. The van der Waals surface area contributed by atoms with E-state index in [1.165, 1.54) is 6.92 Å². The van der Waals surface area contributed by atoms with E-state index >= 15 is 0 Å². The molecule has 0 bridgehead atoms. The number of carbonyl (C=O) groups is 2. The highest BCUT2D eigenvalue weighted by Gasteiger charge is 2.36. The second-order valence-electron chi connectivity index (χ2n) is 3.77. The molecule has 0 fully saturated rings. The zero-order valence-electron chi connectivity index (χ0n) is 8.69. The van der Waals surface area contributed by atoms with Crippen LogP contribution in [0.2, 0.25) is 0 Å². The summed E-state index contributed by atoms with van der Waals surface area (Å²) in [6.07, 6.45) is 0. The van der Waals surface area contributed by atoms with Gasteiger partial charge in [-0.3, -0.25) is 9.59 Å². The highest BCUT2D eigenvalue weighted by Crippen LogP contribution is 2.38. The third-order valence-corrected chi connectivity index (χ3v) is 3.91. The summed E-state index contributed by atoms with van der Waals surface area (Å²) in [5.41, 5.74) is 0.695. The van der Waals surface area contributed by atoms with Gasteiger partial charge in [0.25, 0.3) is 0 Å². The highest BCUT2D eigenvalue weighted by atomic mass is 32.2. The summed E-state index contributed by atoms with van der Waals surface area (Å²) in [7, 11) is 0. The summed E-state index contributed by atoms with van der Waals surface area (Å²) in [5, 5.41) is 0.0462. The lowest BCUT2D eigenvalue weighted by molar-refractivity contribution is -0.119. The molecule has 0 saturated heterocycles. The summed E-state index contributed by atoms with van der Waals surface area (Å²) >= 11 is 1.61. The Morgan fingerprint density at radius 1 is 1.33 bits per heavy atom. The molecule has 2 atom stereocenters. The van der Waals surface area contributed by atoms with Gasteiger partial charge in [-0.05, 0) is 13.0 Å². The third-order valence-electron chi connectivity index (χ3n) is 2.66. The molecule has 1 aliphatic heterocycles. The predicted molar refractivity (Wildman–Crippen MR) is 60.3 cm³/mol. The van der Waals surface area contributed by atoms with Crippen LogP contribution in [0.3, 0.4) is 0 Å². The monoisotopic (exact) mass is 220 g/mol. The fourth-order valence-corrected chi connectivity index (χ4v) is 3.24. The maximum atomic E-state index is 12.0. The molecule has 0 amide bonds. The molecule has 2 nitrogen and oxygen atoms in total. The van der Waals surface area contributed by atoms with Crippen molar-refractivity contribution in [3.63, 3.8) is 0 Å². The van der Waals surface area contributed by atoms with Gasteiger partial charge in [0.15, 0.2) is 5.78 Å². The van der Waals surface area contributed by atoms with E-state index in [0.29, 0.717) is 5.56 Å². The number of hydrogen-bond acceptors (Lipinski definition) is 3. The minimum Gasteiger partial charge on any atom is -0.299 e. The van der Waals surface area contributed by atoms with Crippen LogP contribution in [0.5, 0.6) is 0 Å². The summed E-state index contributed by atoms with van der Waals surface area (Å²) in [5.74, 6) is -0.524. The van der Waals surface area contributed by atoms with Gasteiger partial charge in [-0.15, -0.1) is 11.8 Å². The molecule has 0 aromatic heterocycles. The summed E-state index contributed by atoms with van der Waals surface area (Å²) in [6.45, 7) is 3.43. The molecule has 0 N–H and O–H groups in total. The van der Waals surface area contributed by atoms with Gasteiger partial charge in [0.2, 0.25) is 0 Å². The second-order valence-corrected chi connectivity index (χ2v) is 5.19. The largest absolute Gasteiger partial charge is 0.299 e. The minimum absolute atomic E-state index is 0.0237. The zero-order chi connectivity index (χ0) is 11.0. The van der Waals surface area contributed by atoms with Crippen molar-refractivity contribution >= 4 is 23.3 Å². The summed E-state index contributed by atoms with van der Waals surface area (Å²) in [6, 6.07) is 7.49. The van der Waals surface area contributed by atoms with E-state index in [2.05, 4.69) is 0 Å². The van der Waals surface area contributed by atoms with Crippen LogP contribution in [0, 0.1) is 5.92 Å². The molecule has 78 valence electrons. The molecule has 0 spiro atoms. The average Bonchev–Trinajstić information content (AvgIpc) is 2.17. The first-order valence-electron chi connectivity index (χ1n) is 4.91. The van der Waals surface area contributed by atoms with E-state index in [0.717, 1.165) is 4.90 Å². The van der Waals surface area contributed by atoms with Gasteiger partial charge >= 0.3 is 0 Å². The van der Waals surface area contributed by atoms with E-state index in [4.69, 9.17) is 0 Å². The highest BCUT2D eigenvalue weighted by molar-refractivity contribution is 8.00. The smallest absolute Gasteiger partial charge is 0.175 e. The number of ketones is 2. The second kappa shape index (κ2) is 3.81. The molecule has 3 heteroatoms. The molecule has 0 aliphatic carbocycles. The molecular weight excluding hydrogens is 208 g/mol. The van der Waals surface area contributed by atoms with E-state index in [9.17, 15) is 9.59 Å². The van der Waals surface area contributed by atoms with E-state index in [-0.39, 0.29) is 16.8 Å². The molecule has 2 rings (SSSR count). The standard InChI is InChI=1S/C12H12O2S/c1-7(13)11-8(2)15-10-6-4-3-5-9(10)12(11)14/h3-6,8,11H,1-2H3. The molecule has 0 saturated carbocycles. The molecule has 15 heavy (non-hydrogen) atoms. The maximum absolute atomic E-state index is 12.0. The molecule has 1 heterocycles. The Kier molecular flexibility index (Phi) is 2.65. The van der Waals surface area contributed by atoms with Gasteiger partial charge in [-0.1, -0.05) is 25.1 Å². The third kappa shape index (κ3) is 1.72. The first kappa shape index (κ1) is 10.4. The zero-order valence-corrected chi connectivity index (χ0v) is 9.51. The van der Waals surface area contributed by atoms with Crippen LogP contribution in [-0.4, -0.2) is 16.8 Å². The number of Topliss-reactive ketones (excluding diaryl/α,β-unsaturated/α-hetero) is 2. The topological polar surface area (TPSA) is 34.1 Å². The predicted octanol–water partition coefficient (Wildman–Crippen LogP) is 2.57. The Morgan fingerprint density at radius 2 is 2.00 bits per heavy atom. The SMILES string of the molecule is CC(=O)C1C(=O)c2ccccc2SC1C. The van der Waals surface area contributed by atoms with Crippen molar-refractivity contribution < 1.29 is 9.59 Å². The Balaban J connectivity index is 2.47. The number of hydrogen-bond donors (Lipinski definition) is 0. The van der Waals surface area contributed by atoms with E-state index < -0.39 is 5.92 Å². The average molecular weight is 220 g/mol. The molecule has 1 aliphatic rings. The van der Waals surface area contributed by atoms with Crippen molar-refractivity contribution in [3.8, 4) is 0 Å². The van der Waals surface area contributed by atoms with E-state index in [1.807, 2.05) is 25.1 Å². The quantitative estimate of drug-likeness (QED) is 0.682. The Labute approximate surface area is 93.1 Å². The number of fused-ring (bicyclic) bond motifs is 1. The molecule has 1 aromatic rings. The molecule has 1 aromatic carbocycles. The van der Waals surface area contributed by atoms with Crippen molar-refractivity contribution in [3.05, 3.63) is 29.8 Å². The van der Waals surface area contributed by atoms with Crippen molar-refractivity contribution in [2.45, 2.75) is 24.0 Å². The van der Waals surface area contributed by atoms with Crippen molar-refractivity contribution in [1.29, 1.82) is 0 Å². The van der Waals surface area contributed by atoms with Gasteiger partial charge in [-0.2, -0.15) is 0 Å². The van der Waals surface area contributed by atoms with Gasteiger partial charge in [0, 0.05) is 15.7 Å². The molecule has 0 radical (unpaired) electrons. The van der Waals surface area contributed by atoms with Gasteiger partial charge in [-0.25, -0.2) is 0 Å². The Bertz CT molecular complexity index is 425. The first-order chi connectivity index (χ1) is 7.11. The number of benzene rings is 1. The van der Waals surface area contributed by atoms with Crippen LogP contribution >= 0.6 is 11.8 Å². The van der Waals surface area contributed by atoms with Crippen LogP contribution in [0.25, 0.3) is 0 Å². The van der Waals surface area contributed by atoms with Crippen molar-refractivity contribution in [2.75, 3.05) is 0 Å². The Morgan fingerprint density at radius 3 is 2.67 bits per heavy atom. The first-order valence-corrected chi connectivity index (χ1v) is 5.79.